The van der Waals surface area contributed by atoms with Gasteiger partial charge < -0.3 is 15.3 Å². The average Bonchev–Trinajstić information content (AvgIpc) is 3.07. The van der Waals surface area contributed by atoms with Gasteiger partial charge >= 0.3 is 12.0 Å². The number of nitrogens with zero attached hydrogens (tertiary/aromatic N) is 1. The molecular formula is C12H22N2O3. The number of hydrogen-bond acceptors (Lipinski definition) is 2. The summed E-state index contributed by atoms with van der Waals surface area (Å²) in [4.78, 5) is 24.1. The number of carboxylic acids is 1. The minimum atomic E-state index is -0.849. The largest absolute Gasteiger partial charge is 0.481 e. The third kappa shape index (κ3) is 5.06. The Morgan fingerprint density at radius 3 is 2.59 bits per heavy atom. The summed E-state index contributed by atoms with van der Waals surface area (Å²) in [6.07, 6.45) is 4.08. The molecule has 0 spiro atoms. The highest BCUT2D eigenvalue weighted by Crippen LogP contribution is 2.34. The maximum atomic E-state index is 11.8. The lowest BCUT2D eigenvalue weighted by Crippen LogP contribution is -2.45. The first-order valence-corrected chi connectivity index (χ1v) is 6.28. The number of carboxylic acid groups (broad SMARTS) is 1. The summed E-state index contributed by atoms with van der Waals surface area (Å²) in [6, 6.07) is -0.360. The van der Waals surface area contributed by atoms with Crippen molar-refractivity contribution in [1.82, 2.24) is 10.2 Å². The zero-order chi connectivity index (χ0) is 12.8. The molecule has 17 heavy (non-hydrogen) atoms. The van der Waals surface area contributed by atoms with Crippen LogP contribution in [0.25, 0.3) is 0 Å². The van der Waals surface area contributed by atoms with E-state index in [1.54, 1.807) is 11.9 Å². The molecule has 5 nitrogen and oxygen atoms in total. The highest BCUT2D eigenvalue weighted by molar-refractivity contribution is 5.75. The Labute approximate surface area is 102 Å². The third-order valence-electron chi connectivity index (χ3n) is 3.09. The maximum Gasteiger partial charge on any atom is 0.317 e. The fourth-order valence-corrected chi connectivity index (χ4v) is 1.79. The van der Waals surface area contributed by atoms with E-state index in [0.717, 1.165) is 25.7 Å². The van der Waals surface area contributed by atoms with Gasteiger partial charge in [0.2, 0.25) is 0 Å². The van der Waals surface area contributed by atoms with Crippen molar-refractivity contribution in [2.24, 2.45) is 5.92 Å². The second-order valence-electron chi connectivity index (χ2n) is 4.77. The molecule has 0 heterocycles. The maximum absolute atomic E-state index is 11.8. The number of urea groups is 1. The normalized spacial score (nSPS) is 16.4. The molecule has 1 aliphatic carbocycles. The van der Waals surface area contributed by atoms with E-state index in [9.17, 15) is 9.59 Å². The monoisotopic (exact) mass is 242 g/mol. The van der Waals surface area contributed by atoms with Gasteiger partial charge in [0.05, 0.1) is 6.42 Å². The summed E-state index contributed by atoms with van der Waals surface area (Å²) in [7, 11) is 1.75. The number of aliphatic carboxylic acids is 1. The summed E-state index contributed by atoms with van der Waals surface area (Å²) < 4.78 is 0. The smallest absolute Gasteiger partial charge is 0.317 e. The van der Waals surface area contributed by atoms with Crippen molar-refractivity contribution in [1.29, 1.82) is 0 Å². The van der Waals surface area contributed by atoms with Crippen LogP contribution < -0.4 is 5.32 Å². The lowest BCUT2D eigenvalue weighted by Gasteiger charge is -2.22. The summed E-state index contributed by atoms with van der Waals surface area (Å²) in [5, 5.41) is 11.6. The van der Waals surface area contributed by atoms with E-state index in [1.165, 1.54) is 0 Å². The molecule has 2 amide bonds. The Kier molecular flexibility index (Phi) is 5.25. The molecule has 0 bridgehead atoms. The van der Waals surface area contributed by atoms with Crippen LogP contribution in [-0.4, -0.2) is 41.6 Å². The van der Waals surface area contributed by atoms with Gasteiger partial charge in [-0.15, -0.1) is 0 Å². The van der Waals surface area contributed by atoms with Gasteiger partial charge in [0.1, 0.15) is 0 Å². The van der Waals surface area contributed by atoms with Crippen LogP contribution in [0.3, 0.4) is 0 Å². The topological polar surface area (TPSA) is 69.6 Å². The minimum absolute atomic E-state index is 0.0258. The quantitative estimate of drug-likeness (QED) is 0.713. The van der Waals surface area contributed by atoms with Gasteiger partial charge in [-0.2, -0.15) is 0 Å². The first kappa shape index (κ1) is 13.8. The molecule has 1 fully saturated rings. The summed E-state index contributed by atoms with van der Waals surface area (Å²) >= 11 is 0. The van der Waals surface area contributed by atoms with E-state index in [0.29, 0.717) is 12.5 Å². The van der Waals surface area contributed by atoms with Gasteiger partial charge in [0.15, 0.2) is 0 Å². The number of unbranched alkanes of at least 4 members (excludes halogenated alkanes) is 1. The molecule has 5 heteroatoms. The SMILES string of the molecule is CCCCN(C)C(=O)NC(CC(=O)O)C1CC1. The van der Waals surface area contributed by atoms with Gasteiger partial charge in [-0.25, -0.2) is 4.79 Å². The summed E-state index contributed by atoms with van der Waals surface area (Å²) in [6.45, 7) is 2.79. The molecule has 0 radical (unpaired) electrons. The second kappa shape index (κ2) is 6.47. The molecule has 0 aromatic carbocycles. The van der Waals surface area contributed by atoms with Crippen LogP contribution in [-0.2, 0) is 4.79 Å². The van der Waals surface area contributed by atoms with Crippen molar-refractivity contribution >= 4 is 12.0 Å². The molecule has 1 rings (SSSR count). The first-order chi connectivity index (χ1) is 8.04. The molecule has 0 aromatic heterocycles. The van der Waals surface area contributed by atoms with E-state index < -0.39 is 5.97 Å². The molecular weight excluding hydrogens is 220 g/mol. The standard InChI is InChI=1S/C12H22N2O3/c1-3-4-7-14(2)12(17)13-10(8-11(15)16)9-5-6-9/h9-10H,3-8H2,1-2H3,(H,13,17)(H,15,16). The van der Waals surface area contributed by atoms with Crippen LogP contribution in [0, 0.1) is 5.92 Å². The lowest BCUT2D eigenvalue weighted by atomic mass is 10.1. The van der Waals surface area contributed by atoms with Crippen molar-refractivity contribution in [3.63, 3.8) is 0 Å². The highest BCUT2D eigenvalue weighted by Gasteiger charge is 2.34. The van der Waals surface area contributed by atoms with Crippen LogP contribution in [0.2, 0.25) is 0 Å². The predicted octanol–water partition coefficient (Wildman–Crippen LogP) is 1.68. The fourth-order valence-electron chi connectivity index (χ4n) is 1.79. The van der Waals surface area contributed by atoms with Crippen LogP contribution in [0.1, 0.15) is 39.0 Å². The van der Waals surface area contributed by atoms with Crippen LogP contribution in [0.5, 0.6) is 0 Å². The Morgan fingerprint density at radius 2 is 2.12 bits per heavy atom. The molecule has 2 N–H and O–H groups in total. The lowest BCUT2D eigenvalue weighted by molar-refractivity contribution is -0.137. The minimum Gasteiger partial charge on any atom is -0.481 e. The van der Waals surface area contributed by atoms with Gasteiger partial charge in [-0.3, -0.25) is 4.79 Å². The Hall–Kier alpha value is -1.26. The van der Waals surface area contributed by atoms with Crippen LogP contribution >= 0.6 is 0 Å². The number of hydrogen-bond donors (Lipinski definition) is 2. The zero-order valence-electron chi connectivity index (χ0n) is 10.6. The molecule has 1 saturated carbocycles. The number of rotatable bonds is 7. The van der Waals surface area contributed by atoms with Gasteiger partial charge in [0, 0.05) is 19.6 Å². The molecule has 1 aliphatic rings. The van der Waals surface area contributed by atoms with Crippen molar-refractivity contribution in [3.8, 4) is 0 Å². The van der Waals surface area contributed by atoms with Gasteiger partial charge in [0.25, 0.3) is 0 Å². The van der Waals surface area contributed by atoms with Crippen molar-refractivity contribution in [2.45, 2.75) is 45.1 Å². The number of amides is 2. The Morgan fingerprint density at radius 1 is 1.47 bits per heavy atom. The van der Waals surface area contributed by atoms with E-state index >= 15 is 0 Å². The Bertz CT molecular complexity index is 277. The van der Waals surface area contributed by atoms with E-state index in [4.69, 9.17) is 5.11 Å². The Balaban J connectivity index is 2.37. The molecule has 1 atom stereocenters. The van der Waals surface area contributed by atoms with Crippen molar-refractivity contribution < 1.29 is 14.7 Å². The van der Waals surface area contributed by atoms with Crippen molar-refractivity contribution in [2.75, 3.05) is 13.6 Å². The number of carbonyl (C=O) groups excluding carboxylic acids is 1. The van der Waals surface area contributed by atoms with Crippen molar-refractivity contribution in [3.05, 3.63) is 0 Å². The number of nitrogens with one attached hydrogen (secondary N) is 1. The van der Waals surface area contributed by atoms with Crippen LogP contribution in [0.15, 0.2) is 0 Å². The predicted molar refractivity (Wildman–Crippen MR) is 64.8 cm³/mol. The summed E-state index contributed by atoms with van der Waals surface area (Å²) in [5.74, 6) is -0.493. The van der Waals surface area contributed by atoms with E-state index in [-0.39, 0.29) is 18.5 Å². The third-order valence-corrected chi connectivity index (χ3v) is 3.09. The molecule has 98 valence electrons. The van der Waals surface area contributed by atoms with Crippen LogP contribution in [0.4, 0.5) is 4.79 Å². The average molecular weight is 242 g/mol. The second-order valence-corrected chi connectivity index (χ2v) is 4.77. The zero-order valence-corrected chi connectivity index (χ0v) is 10.6. The van der Waals surface area contributed by atoms with E-state index in [2.05, 4.69) is 12.2 Å². The fraction of sp³-hybridized carbons (Fsp3) is 0.833. The summed E-state index contributed by atoms with van der Waals surface area (Å²) in [5.41, 5.74) is 0. The molecule has 0 aliphatic heterocycles. The first-order valence-electron chi connectivity index (χ1n) is 6.28. The van der Waals surface area contributed by atoms with Gasteiger partial charge in [-0.1, -0.05) is 13.3 Å². The van der Waals surface area contributed by atoms with E-state index in [1.807, 2.05) is 0 Å². The van der Waals surface area contributed by atoms with Gasteiger partial charge in [-0.05, 0) is 25.2 Å². The number of carbonyl (C=O) groups is 2. The molecule has 1 unspecified atom stereocenters. The highest BCUT2D eigenvalue weighted by atomic mass is 16.4. The molecule has 0 saturated heterocycles. The molecule has 0 aromatic rings.